The van der Waals surface area contributed by atoms with Gasteiger partial charge in [0.25, 0.3) is 0 Å². The maximum atomic E-state index is 12.5. The minimum absolute atomic E-state index is 0.0666. The van der Waals surface area contributed by atoms with Crippen molar-refractivity contribution in [2.24, 2.45) is 5.73 Å². The largest absolute Gasteiger partial charge is 0.341 e. The number of amides is 1. The van der Waals surface area contributed by atoms with Gasteiger partial charge in [0.1, 0.15) is 0 Å². The van der Waals surface area contributed by atoms with Gasteiger partial charge < -0.3 is 15.2 Å². The molecule has 2 aromatic rings. The summed E-state index contributed by atoms with van der Waals surface area (Å²) in [6.07, 6.45) is 1.62. The SMILES string of the molecule is CC(C)(C)c1noc(CCC(=O)N(CCN)CCc2ccccc2)n1. The average Bonchev–Trinajstić information content (AvgIpc) is 3.07. The first-order valence-corrected chi connectivity index (χ1v) is 8.75. The van der Waals surface area contributed by atoms with Gasteiger partial charge in [-0.2, -0.15) is 4.98 Å². The highest BCUT2D eigenvalue weighted by Gasteiger charge is 2.21. The summed E-state index contributed by atoms with van der Waals surface area (Å²) >= 11 is 0. The lowest BCUT2D eigenvalue weighted by molar-refractivity contribution is -0.131. The van der Waals surface area contributed by atoms with Crippen LogP contribution in [0.4, 0.5) is 0 Å². The van der Waals surface area contributed by atoms with Crippen molar-refractivity contribution in [1.82, 2.24) is 15.0 Å². The van der Waals surface area contributed by atoms with Crippen molar-refractivity contribution in [3.8, 4) is 0 Å². The topological polar surface area (TPSA) is 85.2 Å². The van der Waals surface area contributed by atoms with E-state index in [4.69, 9.17) is 10.3 Å². The zero-order valence-electron chi connectivity index (χ0n) is 15.4. The number of aromatic nitrogens is 2. The Hall–Kier alpha value is -2.21. The second-order valence-corrected chi connectivity index (χ2v) is 7.17. The van der Waals surface area contributed by atoms with Crippen LogP contribution in [-0.2, 0) is 23.1 Å². The van der Waals surface area contributed by atoms with Crippen LogP contribution >= 0.6 is 0 Å². The van der Waals surface area contributed by atoms with Crippen LogP contribution in [0.25, 0.3) is 0 Å². The molecule has 0 saturated carbocycles. The number of hydrogen-bond acceptors (Lipinski definition) is 5. The average molecular weight is 344 g/mol. The molecule has 1 amide bonds. The molecule has 25 heavy (non-hydrogen) atoms. The van der Waals surface area contributed by atoms with E-state index in [-0.39, 0.29) is 11.3 Å². The number of carbonyl (C=O) groups excluding carboxylic acids is 1. The minimum Gasteiger partial charge on any atom is -0.341 e. The number of aryl methyl sites for hydroxylation is 1. The number of hydrogen-bond donors (Lipinski definition) is 1. The molecule has 136 valence electrons. The normalized spacial score (nSPS) is 11.5. The highest BCUT2D eigenvalue weighted by Crippen LogP contribution is 2.18. The molecule has 2 N–H and O–H groups in total. The number of benzene rings is 1. The summed E-state index contributed by atoms with van der Waals surface area (Å²) in [4.78, 5) is 18.7. The molecule has 1 heterocycles. The molecule has 0 atom stereocenters. The lowest BCUT2D eigenvalue weighted by Crippen LogP contribution is -2.37. The zero-order chi connectivity index (χ0) is 18.3. The van der Waals surface area contributed by atoms with E-state index >= 15 is 0 Å². The van der Waals surface area contributed by atoms with Gasteiger partial charge in [-0.1, -0.05) is 56.3 Å². The van der Waals surface area contributed by atoms with Gasteiger partial charge >= 0.3 is 0 Å². The number of rotatable bonds is 8. The lowest BCUT2D eigenvalue weighted by Gasteiger charge is -2.22. The van der Waals surface area contributed by atoms with Gasteiger partial charge in [-0.15, -0.1) is 0 Å². The molecule has 0 aliphatic carbocycles. The number of nitrogens with two attached hydrogens (primary N) is 1. The molecule has 0 aliphatic rings. The molecule has 0 aliphatic heterocycles. The second-order valence-electron chi connectivity index (χ2n) is 7.17. The van der Waals surface area contributed by atoms with Crippen molar-refractivity contribution in [3.05, 3.63) is 47.6 Å². The minimum atomic E-state index is -0.160. The quantitative estimate of drug-likeness (QED) is 0.794. The van der Waals surface area contributed by atoms with Crippen molar-refractivity contribution in [2.45, 2.75) is 45.4 Å². The van der Waals surface area contributed by atoms with E-state index < -0.39 is 0 Å². The third-order valence-electron chi connectivity index (χ3n) is 3.96. The van der Waals surface area contributed by atoms with Crippen LogP contribution in [-0.4, -0.2) is 40.6 Å². The van der Waals surface area contributed by atoms with Crippen molar-refractivity contribution in [2.75, 3.05) is 19.6 Å². The van der Waals surface area contributed by atoms with Crippen molar-refractivity contribution < 1.29 is 9.32 Å². The van der Waals surface area contributed by atoms with Crippen molar-refractivity contribution >= 4 is 5.91 Å². The predicted octanol–water partition coefficient (Wildman–Crippen LogP) is 2.33. The van der Waals surface area contributed by atoms with Crippen LogP contribution < -0.4 is 5.73 Å². The molecule has 1 aromatic carbocycles. The van der Waals surface area contributed by atoms with Crippen LogP contribution in [0.15, 0.2) is 34.9 Å². The van der Waals surface area contributed by atoms with E-state index in [0.717, 1.165) is 6.42 Å². The molecule has 0 fully saturated rings. The fourth-order valence-electron chi connectivity index (χ4n) is 2.46. The molecular formula is C19H28N4O2. The molecule has 1 aromatic heterocycles. The third-order valence-corrected chi connectivity index (χ3v) is 3.96. The van der Waals surface area contributed by atoms with Gasteiger partial charge in [0, 0.05) is 37.9 Å². The number of carbonyl (C=O) groups is 1. The second kappa shape index (κ2) is 8.76. The Morgan fingerprint density at radius 1 is 1.16 bits per heavy atom. The van der Waals surface area contributed by atoms with Crippen molar-refractivity contribution in [3.63, 3.8) is 0 Å². The first kappa shape index (κ1) is 19.1. The molecule has 6 heteroatoms. The Labute approximate surface area is 149 Å². The maximum absolute atomic E-state index is 12.5. The van der Waals surface area contributed by atoms with E-state index in [1.54, 1.807) is 0 Å². The van der Waals surface area contributed by atoms with E-state index in [9.17, 15) is 4.79 Å². The van der Waals surface area contributed by atoms with Gasteiger partial charge in [0.2, 0.25) is 11.8 Å². The summed E-state index contributed by atoms with van der Waals surface area (Å²) in [6, 6.07) is 10.1. The van der Waals surface area contributed by atoms with Gasteiger partial charge in [-0.05, 0) is 12.0 Å². The van der Waals surface area contributed by atoms with Crippen LogP contribution in [0.2, 0.25) is 0 Å². The summed E-state index contributed by atoms with van der Waals surface area (Å²) in [5, 5.41) is 3.99. The Balaban J connectivity index is 1.88. The predicted molar refractivity (Wildman–Crippen MR) is 97.1 cm³/mol. The van der Waals surface area contributed by atoms with Crippen molar-refractivity contribution in [1.29, 1.82) is 0 Å². The highest BCUT2D eigenvalue weighted by molar-refractivity contribution is 5.76. The van der Waals surface area contributed by atoms with E-state index in [0.29, 0.717) is 44.2 Å². The summed E-state index contributed by atoms with van der Waals surface area (Å²) in [7, 11) is 0. The Kier molecular flexibility index (Phi) is 6.70. The first-order valence-electron chi connectivity index (χ1n) is 8.75. The van der Waals surface area contributed by atoms with Crippen LogP contribution in [0.5, 0.6) is 0 Å². The van der Waals surface area contributed by atoms with Crippen LogP contribution in [0.1, 0.15) is 44.5 Å². The van der Waals surface area contributed by atoms with E-state index in [1.807, 2.05) is 43.9 Å². The maximum Gasteiger partial charge on any atom is 0.227 e. The number of nitrogens with zero attached hydrogens (tertiary/aromatic N) is 3. The Bertz CT molecular complexity index is 662. The summed E-state index contributed by atoms with van der Waals surface area (Å²) < 4.78 is 5.25. The summed E-state index contributed by atoms with van der Waals surface area (Å²) in [5.74, 6) is 1.24. The summed E-state index contributed by atoms with van der Waals surface area (Å²) in [6.45, 7) is 7.76. The molecular weight excluding hydrogens is 316 g/mol. The fourth-order valence-corrected chi connectivity index (χ4v) is 2.46. The molecule has 0 bridgehead atoms. The van der Waals surface area contributed by atoms with Crippen LogP contribution in [0, 0.1) is 0 Å². The molecule has 6 nitrogen and oxygen atoms in total. The van der Waals surface area contributed by atoms with E-state index in [1.165, 1.54) is 5.56 Å². The Morgan fingerprint density at radius 2 is 1.88 bits per heavy atom. The fraction of sp³-hybridized carbons (Fsp3) is 0.526. The zero-order valence-corrected chi connectivity index (χ0v) is 15.4. The smallest absolute Gasteiger partial charge is 0.227 e. The summed E-state index contributed by atoms with van der Waals surface area (Å²) in [5.41, 5.74) is 6.71. The molecule has 0 spiro atoms. The molecule has 0 saturated heterocycles. The molecule has 0 unspecified atom stereocenters. The third kappa shape index (κ3) is 5.98. The first-order chi connectivity index (χ1) is 11.9. The highest BCUT2D eigenvalue weighted by atomic mass is 16.5. The monoisotopic (exact) mass is 344 g/mol. The molecule has 0 radical (unpaired) electrons. The standard InChI is InChI=1S/C19H28N4O2/c1-19(2,3)18-21-16(25-22-18)9-10-17(24)23(14-12-20)13-11-15-7-5-4-6-8-15/h4-8H,9-14,20H2,1-3H3. The molecule has 2 rings (SSSR count). The van der Waals surface area contributed by atoms with Gasteiger partial charge in [-0.25, -0.2) is 0 Å². The van der Waals surface area contributed by atoms with Gasteiger partial charge in [0.15, 0.2) is 5.82 Å². The Morgan fingerprint density at radius 3 is 2.48 bits per heavy atom. The lowest BCUT2D eigenvalue weighted by atomic mass is 9.96. The van der Waals surface area contributed by atoms with Gasteiger partial charge in [-0.3, -0.25) is 4.79 Å². The van der Waals surface area contributed by atoms with E-state index in [2.05, 4.69) is 22.3 Å². The van der Waals surface area contributed by atoms with Crippen LogP contribution in [0.3, 0.4) is 0 Å². The van der Waals surface area contributed by atoms with Gasteiger partial charge in [0.05, 0.1) is 0 Å².